The number of ether oxygens (including phenoxy) is 1. The van der Waals surface area contributed by atoms with Gasteiger partial charge in [-0.25, -0.2) is 9.86 Å². The molecule has 2 amide bonds. The van der Waals surface area contributed by atoms with E-state index in [9.17, 15) is 19.2 Å². The predicted octanol–water partition coefficient (Wildman–Crippen LogP) is 1.96. The molecule has 0 saturated heterocycles. The van der Waals surface area contributed by atoms with Gasteiger partial charge in [0.15, 0.2) is 5.78 Å². The lowest BCUT2D eigenvalue weighted by Gasteiger charge is -2.19. The number of nitrogens with one attached hydrogen (secondary N) is 1. The van der Waals surface area contributed by atoms with E-state index in [2.05, 4.69) is 5.32 Å². The Labute approximate surface area is 179 Å². The molecule has 0 radical (unpaired) electrons. The number of carbonyl (C=O) groups excluding carboxylic acids is 3. The summed E-state index contributed by atoms with van der Waals surface area (Å²) in [7, 11) is 1.35. The largest absolute Gasteiger partial charge is 0.481 e. The fourth-order valence-corrected chi connectivity index (χ4v) is 2.54. The Kier molecular flexibility index (Phi) is 9.18. The number of Topliss-reactive ketones (excluding diaryl/α,β-unsaturated/α-hetero) is 1. The third kappa shape index (κ3) is 8.67. The first-order valence-corrected chi connectivity index (χ1v) is 9.50. The molecular formula is C22H24N2O7. The van der Waals surface area contributed by atoms with E-state index in [1.54, 1.807) is 48.5 Å². The van der Waals surface area contributed by atoms with Gasteiger partial charge >= 0.3 is 12.1 Å². The number of amides is 2. The van der Waals surface area contributed by atoms with E-state index < -0.39 is 36.9 Å². The second-order valence-electron chi connectivity index (χ2n) is 6.65. The molecule has 0 bridgehead atoms. The highest BCUT2D eigenvalue weighted by atomic mass is 16.7. The van der Waals surface area contributed by atoms with E-state index >= 15 is 0 Å². The number of ketones is 1. The van der Waals surface area contributed by atoms with Crippen LogP contribution in [0.25, 0.3) is 0 Å². The summed E-state index contributed by atoms with van der Waals surface area (Å²) in [6, 6.07) is 16.5. The van der Waals surface area contributed by atoms with Gasteiger partial charge in [0.1, 0.15) is 19.3 Å². The van der Waals surface area contributed by atoms with Crippen molar-refractivity contribution in [3.8, 4) is 0 Å². The molecule has 0 heterocycles. The van der Waals surface area contributed by atoms with E-state index in [1.165, 1.54) is 7.05 Å². The quantitative estimate of drug-likeness (QED) is 0.525. The number of hydrogen-bond donors (Lipinski definition) is 2. The van der Waals surface area contributed by atoms with Crippen LogP contribution in [0.1, 0.15) is 17.5 Å². The number of aliphatic carboxylic acids is 1. The number of likely N-dealkylation sites (N-methyl/N-ethyl adjacent to an activating group) is 1. The minimum absolute atomic E-state index is 0.0338. The average molecular weight is 428 g/mol. The second-order valence-corrected chi connectivity index (χ2v) is 6.65. The van der Waals surface area contributed by atoms with Crippen molar-refractivity contribution in [2.45, 2.75) is 25.5 Å². The highest BCUT2D eigenvalue weighted by molar-refractivity contribution is 5.91. The molecule has 0 spiro atoms. The topological polar surface area (TPSA) is 122 Å². The number of hydroxylamine groups is 2. The molecular weight excluding hydrogens is 404 g/mol. The molecule has 1 unspecified atom stereocenters. The number of rotatable bonds is 11. The summed E-state index contributed by atoms with van der Waals surface area (Å²) in [5.41, 5.74) is 1.52. The van der Waals surface area contributed by atoms with Gasteiger partial charge in [0, 0.05) is 7.05 Å². The summed E-state index contributed by atoms with van der Waals surface area (Å²) in [5.74, 6) is -2.38. The monoisotopic (exact) mass is 428 g/mol. The van der Waals surface area contributed by atoms with Gasteiger partial charge in [-0.3, -0.25) is 19.2 Å². The van der Waals surface area contributed by atoms with Gasteiger partial charge < -0.3 is 15.2 Å². The first-order valence-electron chi connectivity index (χ1n) is 9.50. The predicted molar refractivity (Wildman–Crippen MR) is 110 cm³/mol. The molecule has 0 saturated carbocycles. The van der Waals surface area contributed by atoms with E-state index in [0.717, 1.165) is 16.2 Å². The van der Waals surface area contributed by atoms with Crippen LogP contribution >= 0.6 is 0 Å². The zero-order chi connectivity index (χ0) is 22.6. The maximum atomic E-state index is 12.4. The van der Waals surface area contributed by atoms with E-state index in [4.69, 9.17) is 14.7 Å². The first kappa shape index (κ1) is 23.6. The molecule has 0 aliphatic rings. The summed E-state index contributed by atoms with van der Waals surface area (Å²) < 4.78 is 5.02. The number of nitrogens with zero attached hydrogens (tertiary/aromatic N) is 1. The lowest BCUT2D eigenvalue weighted by molar-refractivity contribution is -0.180. The van der Waals surface area contributed by atoms with Gasteiger partial charge in [-0.15, -0.1) is 0 Å². The van der Waals surface area contributed by atoms with Crippen LogP contribution in [-0.4, -0.2) is 53.6 Å². The average Bonchev–Trinajstić information content (AvgIpc) is 2.76. The van der Waals surface area contributed by atoms with Gasteiger partial charge in [-0.2, -0.15) is 0 Å². The van der Waals surface area contributed by atoms with Gasteiger partial charge in [-0.05, 0) is 11.1 Å². The molecule has 2 rings (SSSR count). The Morgan fingerprint density at radius 1 is 0.968 bits per heavy atom. The fourth-order valence-electron chi connectivity index (χ4n) is 2.54. The molecule has 0 fully saturated rings. The molecule has 0 aliphatic carbocycles. The van der Waals surface area contributed by atoms with Crippen molar-refractivity contribution in [1.82, 2.24) is 10.4 Å². The van der Waals surface area contributed by atoms with E-state index in [-0.39, 0.29) is 18.9 Å². The van der Waals surface area contributed by atoms with Crippen molar-refractivity contribution in [2.24, 2.45) is 0 Å². The fraction of sp³-hybridized carbons (Fsp3) is 0.273. The molecule has 9 nitrogen and oxygen atoms in total. The van der Waals surface area contributed by atoms with Crippen molar-refractivity contribution in [3.63, 3.8) is 0 Å². The van der Waals surface area contributed by atoms with Gasteiger partial charge in [-0.1, -0.05) is 60.7 Å². The van der Waals surface area contributed by atoms with Crippen LogP contribution in [0, 0.1) is 0 Å². The summed E-state index contributed by atoms with van der Waals surface area (Å²) in [5, 5.41) is 12.2. The van der Waals surface area contributed by atoms with Crippen molar-refractivity contribution in [1.29, 1.82) is 0 Å². The van der Waals surface area contributed by atoms with Crippen molar-refractivity contribution < 1.29 is 33.9 Å². The number of carbonyl (C=O) groups is 4. The SMILES string of the molecule is CN(OCC(=O)C(CC(=O)O)NC(=O)OCc1ccccc1)C(=O)Cc1ccccc1. The van der Waals surface area contributed by atoms with Crippen molar-refractivity contribution in [3.05, 3.63) is 71.8 Å². The van der Waals surface area contributed by atoms with Crippen LogP contribution in [0.2, 0.25) is 0 Å². The Hall–Kier alpha value is -3.72. The molecule has 0 aliphatic heterocycles. The van der Waals surface area contributed by atoms with Crippen LogP contribution in [0.4, 0.5) is 4.79 Å². The maximum Gasteiger partial charge on any atom is 0.408 e. The molecule has 164 valence electrons. The Morgan fingerprint density at radius 3 is 2.13 bits per heavy atom. The molecule has 31 heavy (non-hydrogen) atoms. The van der Waals surface area contributed by atoms with Gasteiger partial charge in [0.2, 0.25) is 5.91 Å². The van der Waals surface area contributed by atoms with Gasteiger partial charge in [0.25, 0.3) is 0 Å². The maximum absolute atomic E-state index is 12.4. The van der Waals surface area contributed by atoms with Crippen LogP contribution in [0.15, 0.2) is 60.7 Å². The molecule has 2 N–H and O–H groups in total. The van der Waals surface area contributed by atoms with Crippen molar-refractivity contribution >= 4 is 23.8 Å². The van der Waals surface area contributed by atoms with Gasteiger partial charge in [0.05, 0.1) is 12.8 Å². The number of alkyl carbamates (subject to hydrolysis) is 1. The summed E-state index contributed by atoms with van der Waals surface area (Å²) in [6.07, 6.45) is -1.50. The molecule has 2 aromatic carbocycles. The third-order valence-corrected chi connectivity index (χ3v) is 4.22. The first-order chi connectivity index (χ1) is 14.8. The van der Waals surface area contributed by atoms with Crippen LogP contribution in [0.5, 0.6) is 0 Å². The molecule has 9 heteroatoms. The molecule has 0 aromatic heterocycles. The van der Waals surface area contributed by atoms with E-state index in [0.29, 0.717) is 0 Å². The molecule has 1 atom stereocenters. The Morgan fingerprint density at radius 2 is 1.55 bits per heavy atom. The zero-order valence-electron chi connectivity index (χ0n) is 17.0. The number of carboxylic acids is 1. The number of benzene rings is 2. The van der Waals surface area contributed by atoms with Crippen LogP contribution in [-0.2, 0) is 37.0 Å². The Bertz CT molecular complexity index is 887. The minimum Gasteiger partial charge on any atom is -0.481 e. The third-order valence-electron chi connectivity index (χ3n) is 4.22. The normalized spacial score (nSPS) is 11.3. The highest BCUT2D eigenvalue weighted by Gasteiger charge is 2.25. The van der Waals surface area contributed by atoms with Crippen LogP contribution in [0.3, 0.4) is 0 Å². The van der Waals surface area contributed by atoms with Crippen LogP contribution < -0.4 is 5.32 Å². The minimum atomic E-state index is -1.36. The second kappa shape index (κ2) is 12.1. The smallest absolute Gasteiger partial charge is 0.408 e. The van der Waals surface area contributed by atoms with E-state index in [1.807, 2.05) is 12.1 Å². The summed E-state index contributed by atoms with van der Waals surface area (Å²) >= 11 is 0. The standard InChI is InChI=1S/C22H24N2O7/c1-24(20(26)12-16-8-4-2-5-9-16)31-15-19(25)18(13-21(27)28)23-22(29)30-14-17-10-6-3-7-11-17/h2-11,18H,12-15H2,1H3,(H,23,29)(H,27,28). The number of hydrogen-bond acceptors (Lipinski definition) is 6. The zero-order valence-corrected chi connectivity index (χ0v) is 17.0. The lowest BCUT2D eigenvalue weighted by Crippen LogP contribution is -2.45. The molecule has 2 aromatic rings. The lowest BCUT2D eigenvalue weighted by atomic mass is 10.1. The number of carboxylic acid groups (broad SMARTS) is 1. The van der Waals surface area contributed by atoms with Crippen molar-refractivity contribution in [2.75, 3.05) is 13.7 Å². The summed E-state index contributed by atoms with van der Waals surface area (Å²) in [4.78, 5) is 52.8. The Balaban J connectivity index is 1.84. The highest BCUT2D eigenvalue weighted by Crippen LogP contribution is 2.05. The summed E-state index contributed by atoms with van der Waals surface area (Å²) in [6.45, 7) is -0.623.